The number of nitro benzene ring substituents is 1. The normalized spacial score (nSPS) is 14.3. The zero-order valence-corrected chi connectivity index (χ0v) is 25.2. The summed E-state index contributed by atoms with van der Waals surface area (Å²) < 4.78 is 11.7. The summed E-state index contributed by atoms with van der Waals surface area (Å²) in [5.74, 6) is 1.30. The molecule has 0 aliphatic heterocycles. The number of aliphatic hydroxyl groups excluding tert-OH is 1. The Labute approximate surface area is 256 Å². The molecule has 0 bridgehead atoms. The van der Waals surface area contributed by atoms with Gasteiger partial charge in [-0.05, 0) is 81.0 Å². The molecule has 3 aromatic carbocycles. The molecule has 3 aromatic rings. The first-order valence-electron chi connectivity index (χ1n) is 14.4. The van der Waals surface area contributed by atoms with Crippen molar-refractivity contribution in [3.05, 3.63) is 86.9 Å². The van der Waals surface area contributed by atoms with Gasteiger partial charge in [0.1, 0.15) is 30.0 Å². The molecule has 43 heavy (non-hydrogen) atoms. The number of benzene rings is 3. The van der Waals surface area contributed by atoms with Gasteiger partial charge in [-0.3, -0.25) is 14.9 Å². The van der Waals surface area contributed by atoms with Crippen LogP contribution in [-0.4, -0.2) is 47.3 Å². The molecule has 1 atom stereocenters. The van der Waals surface area contributed by atoms with Crippen molar-refractivity contribution in [2.24, 2.45) is 11.7 Å². The summed E-state index contributed by atoms with van der Waals surface area (Å²) in [4.78, 5) is 22.6. The lowest BCUT2D eigenvalue weighted by Crippen LogP contribution is -2.46. The molecule has 1 aliphatic rings. The van der Waals surface area contributed by atoms with E-state index in [1.54, 1.807) is 24.3 Å². The molecule has 1 saturated carbocycles. The van der Waals surface area contributed by atoms with E-state index in [0.29, 0.717) is 47.4 Å². The van der Waals surface area contributed by atoms with E-state index in [4.69, 9.17) is 26.8 Å². The highest BCUT2D eigenvalue weighted by Crippen LogP contribution is 2.36. The topological polar surface area (TPSA) is 149 Å². The molecule has 4 rings (SSSR count). The zero-order chi connectivity index (χ0) is 31.0. The summed E-state index contributed by atoms with van der Waals surface area (Å²) >= 11 is 6.22. The second kappa shape index (κ2) is 14.5. The standard InChI is InChI=1S/C32H39ClN4O6/c1-32(2,17-21-10-13-25(14-11-21)43-28-15-12-23(31(34)39)16-26(28)33)36-19-24(38)20-42-29-9-5-8-27(37(40)41)30(29)35-18-22-6-3-4-7-22/h5,8-16,22,24,35-36,38H,3-4,6-7,17-20H2,1-2H3,(H2,34,39). The summed E-state index contributed by atoms with van der Waals surface area (Å²) in [5.41, 5.74) is 6.62. The zero-order valence-electron chi connectivity index (χ0n) is 24.5. The van der Waals surface area contributed by atoms with Crippen molar-refractivity contribution >= 4 is 28.9 Å². The van der Waals surface area contributed by atoms with Crippen molar-refractivity contribution in [3.63, 3.8) is 0 Å². The van der Waals surface area contributed by atoms with Gasteiger partial charge in [-0.15, -0.1) is 0 Å². The van der Waals surface area contributed by atoms with E-state index < -0.39 is 16.9 Å². The van der Waals surface area contributed by atoms with Gasteiger partial charge in [0.25, 0.3) is 5.69 Å². The Balaban J connectivity index is 1.28. The predicted octanol–water partition coefficient (Wildman–Crippen LogP) is 6.09. The minimum Gasteiger partial charge on any atom is -0.488 e. The van der Waals surface area contributed by atoms with Crippen LogP contribution in [0, 0.1) is 16.0 Å². The molecule has 0 heterocycles. The number of carbonyl (C=O) groups excluding carboxylic acids is 1. The van der Waals surface area contributed by atoms with Crippen LogP contribution < -0.4 is 25.8 Å². The molecule has 1 amide bonds. The van der Waals surface area contributed by atoms with Crippen LogP contribution in [0.1, 0.15) is 55.5 Å². The number of anilines is 1. The van der Waals surface area contributed by atoms with Crippen LogP contribution in [0.25, 0.3) is 0 Å². The maximum Gasteiger partial charge on any atom is 0.296 e. The number of primary amides is 1. The number of nitrogens with one attached hydrogen (secondary N) is 2. The van der Waals surface area contributed by atoms with Gasteiger partial charge in [0, 0.05) is 30.3 Å². The van der Waals surface area contributed by atoms with Crippen molar-refractivity contribution in [1.82, 2.24) is 5.32 Å². The maximum atomic E-state index is 11.6. The number of amides is 1. The molecule has 0 aromatic heterocycles. The third kappa shape index (κ3) is 9.31. The molecule has 0 saturated heterocycles. The van der Waals surface area contributed by atoms with Gasteiger partial charge >= 0.3 is 0 Å². The average Bonchev–Trinajstić information content (AvgIpc) is 3.49. The maximum absolute atomic E-state index is 11.6. The van der Waals surface area contributed by atoms with Gasteiger partial charge in [0.2, 0.25) is 5.91 Å². The molecule has 0 radical (unpaired) electrons. The molecule has 11 heteroatoms. The Kier molecular flexibility index (Phi) is 10.8. The second-order valence-electron chi connectivity index (χ2n) is 11.6. The van der Waals surface area contributed by atoms with Crippen LogP contribution in [0.4, 0.5) is 11.4 Å². The van der Waals surface area contributed by atoms with E-state index in [9.17, 15) is 20.0 Å². The van der Waals surface area contributed by atoms with Crippen molar-refractivity contribution in [3.8, 4) is 17.2 Å². The van der Waals surface area contributed by atoms with Gasteiger partial charge < -0.3 is 30.9 Å². The number of nitro groups is 1. The second-order valence-corrected chi connectivity index (χ2v) is 12.0. The van der Waals surface area contributed by atoms with E-state index in [2.05, 4.69) is 10.6 Å². The number of para-hydroxylation sites is 1. The number of β-amino-alcohol motifs (C(OH)–C–C–N with tert-alkyl or cyclic N) is 1. The number of halogens is 1. The molecular weight excluding hydrogens is 572 g/mol. The number of aliphatic hydroxyl groups is 1. The Morgan fingerprint density at radius 2 is 1.86 bits per heavy atom. The monoisotopic (exact) mass is 610 g/mol. The molecule has 1 aliphatic carbocycles. The molecule has 0 spiro atoms. The molecule has 10 nitrogen and oxygen atoms in total. The van der Waals surface area contributed by atoms with Crippen LogP contribution in [0.5, 0.6) is 17.2 Å². The minimum absolute atomic E-state index is 0.0165. The third-order valence-corrected chi connectivity index (χ3v) is 7.80. The quantitative estimate of drug-likeness (QED) is 0.119. The number of nitrogens with two attached hydrogens (primary N) is 1. The van der Waals surface area contributed by atoms with Gasteiger partial charge in [0.15, 0.2) is 5.69 Å². The van der Waals surface area contributed by atoms with Crippen molar-refractivity contribution in [2.45, 2.75) is 57.6 Å². The molecule has 1 fully saturated rings. The largest absolute Gasteiger partial charge is 0.488 e. The first-order chi connectivity index (χ1) is 20.5. The van der Waals surface area contributed by atoms with Crippen LogP contribution in [0.2, 0.25) is 5.02 Å². The van der Waals surface area contributed by atoms with Crippen LogP contribution in [-0.2, 0) is 6.42 Å². The lowest BCUT2D eigenvalue weighted by molar-refractivity contribution is -0.384. The van der Waals surface area contributed by atoms with Gasteiger partial charge in [-0.1, -0.05) is 42.6 Å². The lowest BCUT2D eigenvalue weighted by atomic mass is 9.94. The molecule has 230 valence electrons. The number of rotatable bonds is 15. The highest BCUT2D eigenvalue weighted by molar-refractivity contribution is 6.32. The SMILES string of the molecule is CC(C)(Cc1ccc(Oc2ccc(C(N)=O)cc2Cl)cc1)NCC(O)COc1cccc([N+](=O)[O-])c1NCC1CCCC1. The Morgan fingerprint density at radius 1 is 1.14 bits per heavy atom. The lowest BCUT2D eigenvalue weighted by Gasteiger charge is -2.28. The smallest absolute Gasteiger partial charge is 0.296 e. The summed E-state index contributed by atoms with van der Waals surface area (Å²) in [6.07, 6.45) is 4.45. The van der Waals surface area contributed by atoms with E-state index in [-0.39, 0.29) is 29.4 Å². The first-order valence-corrected chi connectivity index (χ1v) is 14.8. The van der Waals surface area contributed by atoms with E-state index in [0.717, 1.165) is 18.4 Å². The highest BCUT2D eigenvalue weighted by atomic mass is 35.5. The Bertz CT molecular complexity index is 1410. The Morgan fingerprint density at radius 3 is 2.51 bits per heavy atom. The fraction of sp³-hybridized carbons (Fsp3) is 0.406. The molecular formula is C32H39ClN4O6. The minimum atomic E-state index is -0.831. The highest BCUT2D eigenvalue weighted by Gasteiger charge is 2.23. The third-order valence-electron chi connectivity index (χ3n) is 7.50. The number of carbonyl (C=O) groups is 1. The van der Waals surface area contributed by atoms with Crippen LogP contribution in [0.3, 0.4) is 0 Å². The Hall–Kier alpha value is -3.86. The fourth-order valence-corrected chi connectivity index (χ4v) is 5.40. The summed E-state index contributed by atoms with van der Waals surface area (Å²) in [5, 5.41) is 29.2. The number of hydrogen-bond acceptors (Lipinski definition) is 8. The summed E-state index contributed by atoms with van der Waals surface area (Å²) in [7, 11) is 0. The van der Waals surface area contributed by atoms with E-state index in [1.165, 1.54) is 25.0 Å². The van der Waals surface area contributed by atoms with Crippen molar-refractivity contribution in [2.75, 3.05) is 25.0 Å². The van der Waals surface area contributed by atoms with Gasteiger partial charge in [-0.25, -0.2) is 0 Å². The van der Waals surface area contributed by atoms with Crippen molar-refractivity contribution < 1.29 is 24.3 Å². The van der Waals surface area contributed by atoms with Gasteiger partial charge in [0.05, 0.1) is 9.95 Å². The molecule has 1 unspecified atom stereocenters. The average molecular weight is 611 g/mol. The van der Waals surface area contributed by atoms with E-state index in [1.807, 2.05) is 38.1 Å². The van der Waals surface area contributed by atoms with Gasteiger partial charge in [-0.2, -0.15) is 0 Å². The van der Waals surface area contributed by atoms with Crippen LogP contribution >= 0.6 is 11.6 Å². The predicted molar refractivity (Wildman–Crippen MR) is 167 cm³/mol. The summed E-state index contributed by atoms with van der Waals surface area (Å²) in [6, 6.07) is 16.9. The number of hydrogen-bond donors (Lipinski definition) is 4. The fourth-order valence-electron chi connectivity index (χ4n) is 5.18. The molecule has 5 N–H and O–H groups in total. The van der Waals surface area contributed by atoms with E-state index >= 15 is 0 Å². The van der Waals surface area contributed by atoms with Crippen LogP contribution in [0.15, 0.2) is 60.7 Å². The van der Waals surface area contributed by atoms with Crippen molar-refractivity contribution in [1.29, 1.82) is 0 Å². The summed E-state index contributed by atoms with van der Waals surface area (Å²) in [6.45, 7) is 4.99. The number of nitrogens with zero attached hydrogens (tertiary/aromatic N) is 1. The first kappa shape index (κ1) is 32.1. The number of ether oxygens (including phenoxy) is 2.